The van der Waals surface area contributed by atoms with Crippen LogP contribution in [0.2, 0.25) is 5.02 Å². The first-order chi connectivity index (χ1) is 14.3. The van der Waals surface area contributed by atoms with Crippen molar-refractivity contribution in [2.24, 2.45) is 0 Å². The Hall–Kier alpha value is -2.42. The lowest BCUT2D eigenvalue weighted by molar-refractivity contribution is 0.0474. The number of sulfonamides is 1. The van der Waals surface area contributed by atoms with E-state index in [0.29, 0.717) is 24.4 Å². The molecule has 0 spiro atoms. The lowest BCUT2D eigenvalue weighted by atomic mass is 10.1. The third kappa shape index (κ3) is 5.00. The number of hydrogen-bond acceptors (Lipinski definition) is 6. The molecule has 0 bridgehead atoms. The van der Waals surface area contributed by atoms with Gasteiger partial charge in [0.15, 0.2) is 12.4 Å². The van der Waals surface area contributed by atoms with Crippen molar-refractivity contribution < 1.29 is 27.5 Å². The van der Waals surface area contributed by atoms with Gasteiger partial charge in [-0.25, -0.2) is 13.2 Å². The van der Waals surface area contributed by atoms with Crippen molar-refractivity contribution in [3.63, 3.8) is 0 Å². The molecule has 160 valence electrons. The molecule has 30 heavy (non-hydrogen) atoms. The van der Waals surface area contributed by atoms with Crippen LogP contribution in [0.25, 0.3) is 0 Å². The maximum atomic E-state index is 12.8. The fourth-order valence-corrected chi connectivity index (χ4v) is 4.90. The molecule has 2 aromatic carbocycles. The summed E-state index contributed by atoms with van der Waals surface area (Å²) in [4.78, 5) is 24.8. The maximum Gasteiger partial charge on any atom is 0.340 e. The van der Waals surface area contributed by atoms with Gasteiger partial charge in [0.05, 0.1) is 22.6 Å². The Balaban J connectivity index is 1.74. The summed E-state index contributed by atoms with van der Waals surface area (Å²) >= 11 is 6.09. The standard InChI is InChI=1S/C21H22ClNO6S/c1-28-16-7-5-6-15(12-16)20(24)14-29-21(25)18-13-17(8-9-19(18)22)30(26,27)23-10-3-2-4-11-23/h5-9,12-13H,2-4,10-11,14H2,1H3. The number of Topliss-reactive ketones (excluding diaryl/α,β-unsaturated/α-hetero) is 1. The van der Waals surface area contributed by atoms with Crippen molar-refractivity contribution in [3.8, 4) is 5.75 Å². The van der Waals surface area contributed by atoms with E-state index in [2.05, 4.69) is 0 Å². The zero-order valence-electron chi connectivity index (χ0n) is 16.5. The van der Waals surface area contributed by atoms with Gasteiger partial charge < -0.3 is 9.47 Å². The topological polar surface area (TPSA) is 90.0 Å². The smallest absolute Gasteiger partial charge is 0.340 e. The summed E-state index contributed by atoms with van der Waals surface area (Å²) in [5.74, 6) is -0.784. The van der Waals surface area contributed by atoms with Gasteiger partial charge in [0.1, 0.15) is 5.75 Å². The number of nitrogens with zero attached hydrogens (tertiary/aromatic N) is 1. The van der Waals surface area contributed by atoms with E-state index >= 15 is 0 Å². The summed E-state index contributed by atoms with van der Waals surface area (Å²) in [5.41, 5.74) is 0.225. The molecule has 0 saturated carbocycles. The van der Waals surface area contributed by atoms with Crippen LogP contribution in [-0.2, 0) is 14.8 Å². The molecule has 0 radical (unpaired) electrons. The number of hydrogen-bond donors (Lipinski definition) is 0. The highest BCUT2D eigenvalue weighted by molar-refractivity contribution is 7.89. The molecular weight excluding hydrogens is 430 g/mol. The molecule has 0 amide bonds. The number of carbonyl (C=O) groups excluding carboxylic acids is 2. The molecule has 1 aliphatic rings. The van der Waals surface area contributed by atoms with E-state index in [4.69, 9.17) is 21.1 Å². The third-order valence-electron chi connectivity index (χ3n) is 4.84. The van der Waals surface area contributed by atoms with E-state index in [0.717, 1.165) is 19.3 Å². The Morgan fingerprint density at radius 3 is 2.50 bits per heavy atom. The van der Waals surface area contributed by atoms with Crippen molar-refractivity contribution in [1.29, 1.82) is 0 Å². The molecule has 1 fully saturated rings. The van der Waals surface area contributed by atoms with Crippen LogP contribution in [0, 0.1) is 0 Å². The first kappa shape index (κ1) is 22.3. The highest BCUT2D eigenvalue weighted by Crippen LogP contribution is 2.25. The molecule has 1 saturated heterocycles. The Morgan fingerprint density at radius 2 is 1.80 bits per heavy atom. The highest BCUT2D eigenvalue weighted by atomic mass is 35.5. The fraction of sp³-hybridized carbons (Fsp3) is 0.333. The van der Waals surface area contributed by atoms with Crippen LogP contribution >= 0.6 is 11.6 Å². The van der Waals surface area contributed by atoms with Crippen molar-refractivity contribution in [2.75, 3.05) is 26.8 Å². The third-order valence-corrected chi connectivity index (χ3v) is 7.06. The van der Waals surface area contributed by atoms with Gasteiger partial charge in [-0.05, 0) is 43.2 Å². The quantitative estimate of drug-likeness (QED) is 0.472. The molecule has 1 aliphatic heterocycles. The molecule has 3 rings (SSSR count). The number of piperidine rings is 1. The van der Waals surface area contributed by atoms with E-state index < -0.39 is 28.4 Å². The molecular formula is C21H22ClNO6S. The minimum Gasteiger partial charge on any atom is -0.497 e. The van der Waals surface area contributed by atoms with Gasteiger partial charge in [0.25, 0.3) is 0 Å². The second-order valence-corrected chi connectivity index (χ2v) is 9.18. The lowest BCUT2D eigenvalue weighted by Crippen LogP contribution is -2.35. The van der Waals surface area contributed by atoms with Gasteiger partial charge >= 0.3 is 5.97 Å². The van der Waals surface area contributed by atoms with Crippen LogP contribution in [0.1, 0.15) is 40.0 Å². The predicted molar refractivity (Wildman–Crippen MR) is 112 cm³/mol. The predicted octanol–water partition coefficient (Wildman–Crippen LogP) is 3.56. The summed E-state index contributed by atoms with van der Waals surface area (Å²) in [6, 6.07) is 10.4. The number of carbonyl (C=O) groups is 2. The van der Waals surface area contributed by atoms with E-state index in [1.165, 1.54) is 35.7 Å². The van der Waals surface area contributed by atoms with E-state index in [1.807, 2.05) is 0 Å². The van der Waals surface area contributed by atoms with Gasteiger partial charge in [-0.15, -0.1) is 0 Å². The van der Waals surface area contributed by atoms with E-state index in [9.17, 15) is 18.0 Å². The van der Waals surface area contributed by atoms with Crippen LogP contribution in [0.3, 0.4) is 0 Å². The molecule has 0 aliphatic carbocycles. The number of halogens is 1. The summed E-state index contributed by atoms with van der Waals surface area (Å²) in [5, 5.41) is 0.0476. The summed E-state index contributed by atoms with van der Waals surface area (Å²) in [6.07, 6.45) is 2.59. The Morgan fingerprint density at radius 1 is 1.07 bits per heavy atom. The number of ketones is 1. The normalized spacial score (nSPS) is 14.9. The van der Waals surface area contributed by atoms with Gasteiger partial charge in [-0.3, -0.25) is 4.79 Å². The first-order valence-corrected chi connectivity index (χ1v) is 11.3. The van der Waals surface area contributed by atoms with Crippen LogP contribution in [-0.4, -0.2) is 51.3 Å². The van der Waals surface area contributed by atoms with Crippen LogP contribution < -0.4 is 4.74 Å². The van der Waals surface area contributed by atoms with Crippen molar-refractivity contribution >= 4 is 33.4 Å². The average molecular weight is 452 g/mol. The summed E-state index contributed by atoms with van der Waals surface area (Å²) < 4.78 is 37.3. The van der Waals surface area contributed by atoms with Crippen LogP contribution in [0.4, 0.5) is 0 Å². The summed E-state index contributed by atoms with van der Waals surface area (Å²) in [6.45, 7) is 0.380. The Kier molecular flexibility index (Phi) is 7.12. The minimum atomic E-state index is -3.73. The van der Waals surface area contributed by atoms with Gasteiger partial charge in [0.2, 0.25) is 10.0 Å². The molecule has 0 aromatic heterocycles. The average Bonchev–Trinajstić information content (AvgIpc) is 2.78. The second-order valence-electron chi connectivity index (χ2n) is 6.84. The summed E-state index contributed by atoms with van der Waals surface area (Å²) in [7, 11) is -2.25. The Bertz CT molecular complexity index is 1050. The molecule has 0 unspecified atom stereocenters. The zero-order chi connectivity index (χ0) is 21.7. The van der Waals surface area contributed by atoms with Gasteiger partial charge in [-0.2, -0.15) is 4.31 Å². The van der Waals surface area contributed by atoms with Crippen molar-refractivity contribution in [1.82, 2.24) is 4.31 Å². The molecule has 1 heterocycles. The molecule has 0 atom stereocenters. The highest BCUT2D eigenvalue weighted by Gasteiger charge is 2.27. The second kappa shape index (κ2) is 9.59. The van der Waals surface area contributed by atoms with Crippen molar-refractivity contribution in [3.05, 3.63) is 58.6 Å². The first-order valence-electron chi connectivity index (χ1n) is 9.47. The fourth-order valence-electron chi connectivity index (χ4n) is 3.16. The molecule has 9 heteroatoms. The Labute approximate surface area is 180 Å². The number of benzene rings is 2. The largest absolute Gasteiger partial charge is 0.497 e. The SMILES string of the molecule is COc1cccc(C(=O)COC(=O)c2cc(S(=O)(=O)N3CCCCC3)ccc2Cl)c1. The number of ether oxygens (including phenoxy) is 2. The van der Waals surface area contributed by atoms with Gasteiger partial charge in [0, 0.05) is 18.7 Å². The van der Waals surface area contributed by atoms with E-state index in [1.54, 1.807) is 18.2 Å². The zero-order valence-corrected chi connectivity index (χ0v) is 18.0. The number of methoxy groups -OCH3 is 1. The monoisotopic (exact) mass is 451 g/mol. The number of rotatable bonds is 7. The van der Waals surface area contributed by atoms with Crippen LogP contribution in [0.5, 0.6) is 5.75 Å². The van der Waals surface area contributed by atoms with Gasteiger partial charge in [-0.1, -0.05) is 30.2 Å². The van der Waals surface area contributed by atoms with E-state index in [-0.39, 0.29) is 15.5 Å². The molecule has 2 aromatic rings. The van der Waals surface area contributed by atoms with Crippen LogP contribution in [0.15, 0.2) is 47.4 Å². The van der Waals surface area contributed by atoms with Crippen molar-refractivity contribution in [2.45, 2.75) is 24.2 Å². The number of esters is 1. The lowest BCUT2D eigenvalue weighted by Gasteiger charge is -2.26. The molecule has 7 nitrogen and oxygen atoms in total. The molecule has 0 N–H and O–H groups in total. The minimum absolute atomic E-state index is 0.0279. The maximum absolute atomic E-state index is 12.8.